The van der Waals surface area contributed by atoms with Crippen LogP contribution in [0, 0.1) is 0 Å². The Labute approximate surface area is 168 Å². The molecule has 29 heavy (non-hydrogen) atoms. The summed E-state index contributed by atoms with van der Waals surface area (Å²) in [6.07, 6.45) is 12.3. The number of allylic oxidation sites excluding steroid dienone is 3. The number of nitrogens with two attached hydrogens (primary N) is 1. The third-order valence-corrected chi connectivity index (χ3v) is 4.62. The highest BCUT2D eigenvalue weighted by Crippen LogP contribution is 2.27. The van der Waals surface area contributed by atoms with Gasteiger partial charge in [-0.25, -0.2) is 10.5 Å². The van der Waals surface area contributed by atoms with Crippen LogP contribution in [0.3, 0.4) is 0 Å². The van der Waals surface area contributed by atoms with E-state index in [1.807, 2.05) is 59.4 Å². The Balaban J connectivity index is 1.61. The van der Waals surface area contributed by atoms with Gasteiger partial charge in [0.1, 0.15) is 0 Å². The lowest BCUT2D eigenvalue weighted by molar-refractivity contribution is 0.874. The zero-order valence-corrected chi connectivity index (χ0v) is 15.8. The summed E-state index contributed by atoms with van der Waals surface area (Å²) in [4.78, 5) is 8.19. The minimum absolute atomic E-state index is 0.734. The van der Waals surface area contributed by atoms with Crippen LogP contribution in [0.5, 0.6) is 0 Å². The molecule has 0 saturated carbocycles. The van der Waals surface area contributed by atoms with Gasteiger partial charge in [-0.1, -0.05) is 25.3 Å². The molecule has 0 unspecified atom stereocenters. The Morgan fingerprint density at radius 1 is 0.966 bits per heavy atom. The molecule has 0 saturated heterocycles. The molecule has 0 aliphatic carbocycles. The lowest BCUT2D eigenvalue weighted by Gasteiger charge is -2.14. The number of hydrogen-bond acceptors (Lipinski definition) is 5. The van der Waals surface area contributed by atoms with Crippen LogP contribution < -0.4 is 10.9 Å². The summed E-state index contributed by atoms with van der Waals surface area (Å²) in [5.74, 6) is 6.07. The topological polar surface area (TPSA) is 72.9 Å². The molecule has 0 radical (unpaired) electrons. The Bertz CT molecular complexity index is 1200. The van der Waals surface area contributed by atoms with Gasteiger partial charge < -0.3 is 0 Å². The summed E-state index contributed by atoms with van der Waals surface area (Å²) < 4.78 is 1.87. The first kappa shape index (κ1) is 18.3. The lowest BCUT2D eigenvalue weighted by atomic mass is 10.1. The lowest BCUT2D eigenvalue weighted by Crippen LogP contribution is -2.23. The molecule has 3 heterocycles. The zero-order chi connectivity index (χ0) is 20.2. The summed E-state index contributed by atoms with van der Waals surface area (Å²) >= 11 is 0. The molecule has 4 rings (SSSR count). The van der Waals surface area contributed by atoms with Crippen molar-refractivity contribution in [3.63, 3.8) is 0 Å². The molecule has 0 spiro atoms. The highest BCUT2D eigenvalue weighted by molar-refractivity contribution is 5.90. The molecule has 0 amide bonds. The molecule has 3 aromatic heterocycles. The maximum Gasteiger partial charge on any atom is 0.0741 e. The molecule has 2 N–H and O–H groups in total. The minimum Gasteiger partial charge on any atom is -0.287 e. The van der Waals surface area contributed by atoms with Gasteiger partial charge in [-0.15, -0.1) is 0 Å². The van der Waals surface area contributed by atoms with E-state index in [-0.39, 0.29) is 0 Å². The summed E-state index contributed by atoms with van der Waals surface area (Å²) in [6, 6.07) is 13.6. The normalized spacial score (nSPS) is 11.1. The average molecular weight is 380 g/mol. The molecular formula is C23H20N6. The third-order valence-electron chi connectivity index (χ3n) is 4.62. The van der Waals surface area contributed by atoms with E-state index in [1.54, 1.807) is 31.0 Å². The highest BCUT2D eigenvalue weighted by Gasteiger charge is 2.12. The smallest absolute Gasteiger partial charge is 0.0741 e. The Morgan fingerprint density at radius 2 is 1.76 bits per heavy atom. The van der Waals surface area contributed by atoms with E-state index in [4.69, 9.17) is 5.84 Å². The van der Waals surface area contributed by atoms with Gasteiger partial charge in [0.2, 0.25) is 0 Å². The number of benzene rings is 1. The fourth-order valence-electron chi connectivity index (χ4n) is 3.05. The predicted molar refractivity (Wildman–Crippen MR) is 117 cm³/mol. The van der Waals surface area contributed by atoms with Crippen molar-refractivity contribution in [2.45, 2.75) is 0 Å². The second-order valence-corrected chi connectivity index (χ2v) is 6.43. The van der Waals surface area contributed by atoms with Gasteiger partial charge in [0.05, 0.1) is 23.3 Å². The maximum absolute atomic E-state index is 6.07. The van der Waals surface area contributed by atoms with Crippen molar-refractivity contribution < 1.29 is 0 Å². The highest BCUT2D eigenvalue weighted by atomic mass is 15.4. The van der Waals surface area contributed by atoms with Gasteiger partial charge in [-0.3, -0.25) is 15.0 Å². The molecule has 142 valence electrons. The van der Waals surface area contributed by atoms with Crippen LogP contribution in [0.15, 0.2) is 104 Å². The summed E-state index contributed by atoms with van der Waals surface area (Å²) in [7, 11) is 0. The van der Waals surface area contributed by atoms with Crippen molar-refractivity contribution >= 4 is 22.0 Å². The number of anilines is 1. The van der Waals surface area contributed by atoms with Crippen molar-refractivity contribution in [2.75, 3.05) is 5.01 Å². The van der Waals surface area contributed by atoms with Crippen LogP contribution in [0.1, 0.15) is 5.69 Å². The molecular weight excluding hydrogens is 360 g/mol. The van der Waals surface area contributed by atoms with E-state index < -0.39 is 0 Å². The first-order valence-corrected chi connectivity index (χ1v) is 9.03. The quantitative estimate of drug-likeness (QED) is 0.307. The van der Waals surface area contributed by atoms with Crippen LogP contribution in [0.25, 0.3) is 22.0 Å². The number of hydrogen-bond donors (Lipinski definition) is 1. The van der Waals surface area contributed by atoms with E-state index in [0.29, 0.717) is 0 Å². The van der Waals surface area contributed by atoms with Crippen molar-refractivity contribution in [1.82, 2.24) is 19.7 Å². The third kappa shape index (κ3) is 3.69. The van der Waals surface area contributed by atoms with Crippen LogP contribution in [0.4, 0.5) is 5.69 Å². The summed E-state index contributed by atoms with van der Waals surface area (Å²) in [6.45, 7) is 8.36. The van der Waals surface area contributed by atoms with Crippen LogP contribution in [-0.4, -0.2) is 19.7 Å². The zero-order valence-electron chi connectivity index (χ0n) is 15.8. The van der Waals surface area contributed by atoms with Gasteiger partial charge in [0.25, 0.3) is 0 Å². The average Bonchev–Trinajstić information content (AvgIpc) is 3.26. The first-order valence-electron chi connectivity index (χ1n) is 9.03. The van der Waals surface area contributed by atoms with Crippen molar-refractivity contribution in [1.29, 1.82) is 0 Å². The van der Waals surface area contributed by atoms with Crippen molar-refractivity contribution in [3.8, 4) is 5.69 Å². The van der Waals surface area contributed by atoms with Gasteiger partial charge in [-0.2, -0.15) is 5.10 Å². The molecule has 6 heteroatoms. The minimum atomic E-state index is 0.734. The van der Waals surface area contributed by atoms with Crippen molar-refractivity contribution in [2.24, 2.45) is 5.84 Å². The van der Waals surface area contributed by atoms with Gasteiger partial charge in [0, 0.05) is 41.8 Å². The SMILES string of the molecule is C=C(/C=C\N(N)c1ccncc1)C(=C)c1ccnn1-c1cccc2cnccc12. The second kappa shape index (κ2) is 7.92. The standard InChI is InChI=1S/C23H20N6/c1-17(10-15-28(24)20-6-11-25-12-7-20)18(2)22-9-14-27-29(22)23-5-3-4-19-16-26-13-8-21(19)23/h3-16H,1-2,24H2/b15-10-. The van der Waals surface area contributed by atoms with Gasteiger partial charge in [0.15, 0.2) is 0 Å². The fraction of sp³-hybridized carbons (Fsp3) is 0. The largest absolute Gasteiger partial charge is 0.287 e. The van der Waals surface area contributed by atoms with E-state index in [0.717, 1.165) is 39.0 Å². The fourth-order valence-corrected chi connectivity index (χ4v) is 3.05. The van der Waals surface area contributed by atoms with E-state index in [2.05, 4.69) is 28.2 Å². The Hall–Kier alpha value is -4.03. The number of nitrogens with zero attached hydrogens (tertiary/aromatic N) is 5. The number of fused-ring (bicyclic) bond motifs is 1. The molecule has 1 aromatic carbocycles. The number of hydrazine groups is 1. The number of rotatable bonds is 6. The Morgan fingerprint density at radius 3 is 2.59 bits per heavy atom. The molecule has 4 aromatic rings. The monoisotopic (exact) mass is 380 g/mol. The Kier molecular flexibility index (Phi) is 5.01. The number of pyridine rings is 2. The van der Waals surface area contributed by atoms with Crippen LogP contribution in [0.2, 0.25) is 0 Å². The predicted octanol–water partition coefficient (Wildman–Crippen LogP) is 4.28. The van der Waals surface area contributed by atoms with Gasteiger partial charge in [-0.05, 0) is 47.6 Å². The molecule has 6 nitrogen and oxygen atoms in total. The van der Waals surface area contributed by atoms with E-state index in [1.165, 1.54) is 5.01 Å². The first-order chi connectivity index (χ1) is 14.1. The molecule has 0 atom stereocenters. The van der Waals surface area contributed by atoms with Crippen molar-refractivity contribution in [3.05, 3.63) is 110 Å². The summed E-state index contributed by atoms with van der Waals surface area (Å²) in [5, 5.41) is 8.13. The van der Waals surface area contributed by atoms with Crippen LogP contribution in [-0.2, 0) is 0 Å². The van der Waals surface area contributed by atoms with Crippen LogP contribution >= 0.6 is 0 Å². The molecule has 0 fully saturated rings. The molecule has 0 bridgehead atoms. The van der Waals surface area contributed by atoms with E-state index >= 15 is 0 Å². The summed E-state index contributed by atoms with van der Waals surface area (Å²) in [5.41, 5.74) is 4.13. The second-order valence-electron chi connectivity index (χ2n) is 6.43. The maximum atomic E-state index is 6.07. The van der Waals surface area contributed by atoms with E-state index in [9.17, 15) is 0 Å². The molecule has 0 aliphatic heterocycles. The number of aromatic nitrogens is 4. The molecule has 0 aliphatic rings. The van der Waals surface area contributed by atoms with Gasteiger partial charge >= 0.3 is 0 Å².